The fraction of sp³-hybridized carbons (Fsp3) is 0.500. The van der Waals surface area contributed by atoms with E-state index in [0.29, 0.717) is 12.1 Å². The van der Waals surface area contributed by atoms with Gasteiger partial charge in [-0.3, -0.25) is 14.8 Å². The lowest BCUT2D eigenvalue weighted by Gasteiger charge is -2.27. The summed E-state index contributed by atoms with van der Waals surface area (Å²) >= 11 is 0. The number of nitro groups is 1. The molecule has 1 fully saturated rings. The van der Waals surface area contributed by atoms with Crippen LogP contribution in [0, 0.1) is 10.1 Å². The lowest BCUT2D eigenvalue weighted by molar-refractivity contribution is -0.383. The van der Waals surface area contributed by atoms with Crippen molar-refractivity contribution in [2.75, 3.05) is 5.32 Å². The lowest BCUT2D eigenvalue weighted by Crippen LogP contribution is -2.30. The van der Waals surface area contributed by atoms with Crippen molar-refractivity contribution in [3.63, 3.8) is 0 Å². The molecule has 1 aromatic heterocycles. The monoisotopic (exact) mass is 290 g/mol. The van der Waals surface area contributed by atoms with E-state index in [1.54, 1.807) is 23.0 Å². The first-order chi connectivity index (χ1) is 10.0. The normalized spacial score (nSPS) is 22.4. The van der Waals surface area contributed by atoms with E-state index in [9.17, 15) is 15.2 Å². The van der Waals surface area contributed by atoms with Crippen LogP contribution in [0.2, 0.25) is 0 Å². The molecule has 0 spiro atoms. The average Bonchev–Trinajstić information content (AvgIpc) is 2.79. The maximum absolute atomic E-state index is 11.3. The molecule has 1 aliphatic carbocycles. The van der Waals surface area contributed by atoms with Gasteiger partial charge in [-0.2, -0.15) is 5.10 Å². The van der Waals surface area contributed by atoms with Gasteiger partial charge in [0, 0.05) is 24.5 Å². The first-order valence-electron chi connectivity index (χ1n) is 7.09. The zero-order valence-corrected chi connectivity index (χ0v) is 11.8. The Kier molecular flexibility index (Phi) is 3.50. The molecule has 0 aliphatic heterocycles. The van der Waals surface area contributed by atoms with Crippen LogP contribution in [-0.4, -0.2) is 32.0 Å². The van der Waals surface area contributed by atoms with Gasteiger partial charge in [-0.25, -0.2) is 0 Å². The van der Waals surface area contributed by atoms with E-state index in [2.05, 4.69) is 10.4 Å². The summed E-state index contributed by atoms with van der Waals surface area (Å²) < 4.78 is 1.69. The molecule has 2 unspecified atom stereocenters. The van der Waals surface area contributed by atoms with E-state index < -0.39 is 0 Å². The Hall–Kier alpha value is -2.15. The number of aliphatic hydroxyl groups is 1. The number of benzene rings is 1. The summed E-state index contributed by atoms with van der Waals surface area (Å²) in [5, 5.41) is 29.1. The van der Waals surface area contributed by atoms with Gasteiger partial charge >= 0.3 is 0 Å². The maximum atomic E-state index is 11.3. The van der Waals surface area contributed by atoms with E-state index in [4.69, 9.17) is 0 Å². The Morgan fingerprint density at radius 1 is 1.48 bits per heavy atom. The topological polar surface area (TPSA) is 93.2 Å². The minimum Gasteiger partial charge on any atom is -0.393 e. The number of nitrogens with zero attached hydrogens (tertiary/aromatic N) is 3. The van der Waals surface area contributed by atoms with Crippen molar-refractivity contribution in [3.05, 3.63) is 28.4 Å². The minimum absolute atomic E-state index is 0.0514. The Labute approximate surface area is 121 Å². The van der Waals surface area contributed by atoms with Gasteiger partial charge < -0.3 is 10.4 Å². The van der Waals surface area contributed by atoms with Gasteiger partial charge in [-0.15, -0.1) is 0 Å². The smallest absolute Gasteiger partial charge is 0.293 e. The standard InChI is InChI=1S/C14H18N4O3/c1-17-13-7-12(16-10-3-2-4-11(19)6-10)14(18(20)21)5-9(13)8-15-17/h5,7-8,10-11,16,19H,2-4,6H2,1H3. The SMILES string of the molecule is Cn1ncc2cc([N+](=O)[O-])c(NC3CCCC(O)C3)cc21. The number of nitro benzene ring substituents is 1. The van der Waals surface area contributed by atoms with Crippen LogP contribution in [-0.2, 0) is 7.05 Å². The van der Waals surface area contributed by atoms with Gasteiger partial charge in [-0.1, -0.05) is 0 Å². The quantitative estimate of drug-likeness (QED) is 0.667. The second-order valence-corrected chi connectivity index (χ2v) is 5.62. The third-order valence-corrected chi connectivity index (χ3v) is 4.07. The lowest BCUT2D eigenvalue weighted by atomic mass is 9.93. The van der Waals surface area contributed by atoms with Crippen molar-refractivity contribution in [3.8, 4) is 0 Å². The Morgan fingerprint density at radius 3 is 3.00 bits per heavy atom. The van der Waals surface area contributed by atoms with E-state index in [-0.39, 0.29) is 22.8 Å². The molecule has 2 atom stereocenters. The molecule has 1 heterocycles. The van der Waals surface area contributed by atoms with Gasteiger partial charge in [0.05, 0.1) is 22.7 Å². The molecule has 0 saturated heterocycles. The van der Waals surface area contributed by atoms with Crippen LogP contribution in [0.3, 0.4) is 0 Å². The van der Waals surface area contributed by atoms with Gasteiger partial charge in [0.1, 0.15) is 5.69 Å². The number of aromatic nitrogens is 2. The van der Waals surface area contributed by atoms with Crippen molar-refractivity contribution in [2.24, 2.45) is 7.05 Å². The molecule has 112 valence electrons. The van der Waals surface area contributed by atoms with Gasteiger partial charge in [0.2, 0.25) is 0 Å². The van der Waals surface area contributed by atoms with Gasteiger partial charge in [-0.05, 0) is 31.7 Å². The highest BCUT2D eigenvalue weighted by Crippen LogP contribution is 2.32. The predicted molar refractivity (Wildman–Crippen MR) is 79.3 cm³/mol. The Morgan fingerprint density at radius 2 is 2.29 bits per heavy atom. The van der Waals surface area contributed by atoms with Crippen LogP contribution >= 0.6 is 0 Å². The second kappa shape index (κ2) is 5.33. The van der Waals surface area contributed by atoms with Gasteiger partial charge in [0.25, 0.3) is 5.69 Å². The van der Waals surface area contributed by atoms with E-state index in [1.165, 1.54) is 0 Å². The highest BCUT2D eigenvalue weighted by molar-refractivity contribution is 5.87. The number of hydrogen-bond donors (Lipinski definition) is 2. The summed E-state index contributed by atoms with van der Waals surface area (Å²) in [6.45, 7) is 0. The maximum Gasteiger partial charge on any atom is 0.293 e. The number of aliphatic hydroxyl groups excluding tert-OH is 1. The van der Waals surface area contributed by atoms with E-state index in [0.717, 1.165) is 30.2 Å². The minimum atomic E-state index is -0.381. The van der Waals surface area contributed by atoms with Crippen LogP contribution in [0.4, 0.5) is 11.4 Å². The summed E-state index contributed by atoms with van der Waals surface area (Å²) in [5.74, 6) is 0. The highest BCUT2D eigenvalue weighted by atomic mass is 16.6. The third-order valence-electron chi connectivity index (χ3n) is 4.07. The number of nitrogens with one attached hydrogen (secondary N) is 1. The summed E-state index contributed by atoms with van der Waals surface area (Å²) in [7, 11) is 1.81. The molecule has 0 bridgehead atoms. The first kappa shape index (κ1) is 13.8. The Balaban J connectivity index is 1.96. The molecule has 3 rings (SSSR count). The van der Waals surface area contributed by atoms with Crippen molar-refractivity contribution < 1.29 is 10.0 Å². The average molecular weight is 290 g/mol. The van der Waals surface area contributed by atoms with Crippen molar-refractivity contribution in [2.45, 2.75) is 37.8 Å². The Bertz CT molecular complexity index is 682. The second-order valence-electron chi connectivity index (χ2n) is 5.62. The molecule has 0 radical (unpaired) electrons. The molecule has 1 saturated carbocycles. The van der Waals surface area contributed by atoms with Crippen molar-refractivity contribution in [1.29, 1.82) is 0 Å². The van der Waals surface area contributed by atoms with Crippen molar-refractivity contribution >= 4 is 22.3 Å². The summed E-state index contributed by atoms with van der Waals surface area (Å²) in [6, 6.07) is 3.38. The number of fused-ring (bicyclic) bond motifs is 1. The van der Waals surface area contributed by atoms with E-state index in [1.807, 2.05) is 7.05 Å². The summed E-state index contributed by atoms with van der Waals surface area (Å²) in [4.78, 5) is 10.9. The van der Waals surface area contributed by atoms with E-state index >= 15 is 0 Å². The first-order valence-corrected chi connectivity index (χ1v) is 7.09. The molecule has 2 aromatic rings. The molecule has 2 N–H and O–H groups in total. The molecule has 7 heteroatoms. The fourth-order valence-electron chi connectivity index (χ4n) is 2.97. The summed E-state index contributed by atoms with van der Waals surface area (Å²) in [5.41, 5.74) is 1.39. The van der Waals surface area contributed by atoms with Crippen LogP contribution in [0.25, 0.3) is 10.9 Å². The van der Waals surface area contributed by atoms with Crippen LogP contribution in [0.1, 0.15) is 25.7 Å². The molecule has 7 nitrogen and oxygen atoms in total. The van der Waals surface area contributed by atoms with Gasteiger partial charge in [0.15, 0.2) is 0 Å². The van der Waals surface area contributed by atoms with Crippen molar-refractivity contribution in [1.82, 2.24) is 9.78 Å². The number of hydrogen-bond acceptors (Lipinski definition) is 5. The molecular formula is C14H18N4O3. The summed E-state index contributed by atoms with van der Waals surface area (Å²) in [6.07, 6.45) is 4.58. The molecular weight excluding hydrogens is 272 g/mol. The molecule has 21 heavy (non-hydrogen) atoms. The molecule has 0 amide bonds. The third kappa shape index (κ3) is 2.69. The number of rotatable bonds is 3. The zero-order chi connectivity index (χ0) is 15.0. The number of anilines is 1. The predicted octanol–water partition coefficient (Wildman–Crippen LogP) is 2.20. The van der Waals surface area contributed by atoms with Crippen LogP contribution in [0.5, 0.6) is 0 Å². The van der Waals surface area contributed by atoms with Crippen LogP contribution < -0.4 is 5.32 Å². The van der Waals surface area contributed by atoms with Crippen LogP contribution in [0.15, 0.2) is 18.3 Å². The largest absolute Gasteiger partial charge is 0.393 e. The molecule has 1 aliphatic rings. The number of aryl methyl sites for hydroxylation is 1. The highest BCUT2D eigenvalue weighted by Gasteiger charge is 2.24. The molecule has 1 aromatic carbocycles. The fourth-order valence-corrected chi connectivity index (χ4v) is 2.97. The zero-order valence-electron chi connectivity index (χ0n) is 11.8.